The highest BCUT2D eigenvalue weighted by Gasteiger charge is 2.30. The highest BCUT2D eigenvalue weighted by atomic mass is 14.4. The number of unbranched alkanes of at least 4 members (excludes halogenated alkanes) is 6. The molecule has 0 N–H and O–H groups in total. The summed E-state index contributed by atoms with van der Waals surface area (Å²) in [7, 11) is 0. The predicted molar refractivity (Wildman–Crippen MR) is 141 cm³/mol. The average molecular weight is 435 g/mol. The lowest BCUT2D eigenvalue weighted by molar-refractivity contribution is 0.153. The molecular formula is C32H50. The van der Waals surface area contributed by atoms with E-state index in [0.717, 1.165) is 17.8 Å². The number of rotatable bonds is 11. The normalized spacial score (nSPS) is 25.8. The fourth-order valence-electron chi connectivity index (χ4n) is 6.24. The second-order valence-corrected chi connectivity index (χ2v) is 11.0. The Morgan fingerprint density at radius 1 is 0.656 bits per heavy atom. The molecule has 0 amide bonds. The van der Waals surface area contributed by atoms with E-state index in [1.165, 1.54) is 127 Å². The molecule has 0 aromatic heterocycles. The molecule has 0 saturated heterocycles. The van der Waals surface area contributed by atoms with Gasteiger partial charge in [0.1, 0.15) is 0 Å². The zero-order chi connectivity index (χ0) is 22.4. The van der Waals surface area contributed by atoms with Gasteiger partial charge in [-0.3, -0.25) is 0 Å². The Hall–Kier alpha value is -1.22. The first kappa shape index (κ1) is 25.4. The molecule has 0 atom stereocenters. The van der Waals surface area contributed by atoms with E-state index in [4.69, 9.17) is 0 Å². The van der Waals surface area contributed by atoms with E-state index >= 15 is 0 Å². The maximum absolute atomic E-state index is 3.63. The van der Waals surface area contributed by atoms with Crippen molar-refractivity contribution in [3.05, 3.63) is 35.4 Å². The van der Waals surface area contributed by atoms with Crippen LogP contribution in [0.5, 0.6) is 0 Å². The first-order chi connectivity index (χ1) is 15.8. The molecular weight excluding hydrogens is 384 g/mol. The summed E-state index contributed by atoms with van der Waals surface area (Å²) in [6.07, 6.45) is 25.5. The smallest absolute Gasteiger partial charge is 0.0245 e. The van der Waals surface area contributed by atoms with E-state index in [2.05, 4.69) is 50.0 Å². The summed E-state index contributed by atoms with van der Waals surface area (Å²) in [5.41, 5.74) is 2.68. The Balaban J connectivity index is 1.33. The van der Waals surface area contributed by atoms with Crippen LogP contribution in [0.15, 0.2) is 24.3 Å². The Kier molecular flexibility index (Phi) is 11.8. The van der Waals surface area contributed by atoms with Crippen molar-refractivity contribution >= 4 is 0 Å². The molecule has 2 saturated carbocycles. The number of benzene rings is 1. The third kappa shape index (κ3) is 8.96. The fourth-order valence-corrected chi connectivity index (χ4v) is 6.24. The van der Waals surface area contributed by atoms with Gasteiger partial charge in [-0.15, -0.1) is 0 Å². The van der Waals surface area contributed by atoms with Crippen molar-refractivity contribution in [2.24, 2.45) is 23.7 Å². The van der Waals surface area contributed by atoms with Crippen molar-refractivity contribution in [3.63, 3.8) is 0 Å². The van der Waals surface area contributed by atoms with E-state index in [1.54, 1.807) is 0 Å². The molecule has 3 rings (SSSR count). The van der Waals surface area contributed by atoms with Crippen molar-refractivity contribution in [3.8, 4) is 11.8 Å². The lowest BCUT2D eigenvalue weighted by Gasteiger charge is -2.37. The molecule has 2 aliphatic carbocycles. The minimum atomic E-state index is 0.634. The molecule has 0 bridgehead atoms. The molecule has 1 aromatic carbocycles. The molecule has 0 heteroatoms. The molecule has 2 fully saturated rings. The van der Waals surface area contributed by atoms with E-state index in [1.807, 2.05) is 0 Å². The Morgan fingerprint density at radius 3 is 1.88 bits per heavy atom. The molecule has 0 nitrogen and oxygen atoms in total. The lowest BCUT2D eigenvalue weighted by atomic mass is 9.69. The summed E-state index contributed by atoms with van der Waals surface area (Å²) in [4.78, 5) is 0. The molecule has 0 aliphatic heterocycles. The fraction of sp³-hybridized carbons (Fsp3) is 0.750. The largest absolute Gasteiger partial charge is 0.0945 e. The Bertz CT molecular complexity index is 656. The van der Waals surface area contributed by atoms with Crippen LogP contribution in [0.3, 0.4) is 0 Å². The minimum absolute atomic E-state index is 0.634. The van der Waals surface area contributed by atoms with Gasteiger partial charge in [-0.05, 0) is 86.8 Å². The molecule has 0 radical (unpaired) electrons. The quantitative estimate of drug-likeness (QED) is 0.240. The van der Waals surface area contributed by atoms with Crippen molar-refractivity contribution in [1.82, 2.24) is 0 Å². The second kappa shape index (κ2) is 14.8. The summed E-state index contributed by atoms with van der Waals surface area (Å²) >= 11 is 0. The predicted octanol–water partition coefficient (Wildman–Crippen LogP) is 9.74. The van der Waals surface area contributed by atoms with Gasteiger partial charge in [0.25, 0.3) is 0 Å². The van der Waals surface area contributed by atoms with Gasteiger partial charge in [0.05, 0.1) is 0 Å². The topological polar surface area (TPSA) is 0 Å². The van der Waals surface area contributed by atoms with Crippen LogP contribution in [-0.2, 0) is 6.42 Å². The third-order valence-corrected chi connectivity index (χ3v) is 8.49. The van der Waals surface area contributed by atoms with E-state index < -0.39 is 0 Å². The molecule has 0 unspecified atom stereocenters. The highest BCUT2D eigenvalue weighted by Crippen LogP contribution is 2.42. The molecule has 178 valence electrons. The van der Waals surface area contributed by atoms with Crippen LogP contribution in [-0.4, -0.2) is 0 Å². The van der Waals surface area contributed by atoms with Crippen LogP contribution in [0.1, 0.15) is 134 Å². The standard InChI is InChI=1S/C32H50/c1-3-5-7-9-11-27-13-15-29(16-14-27)17-18-30-21-25-32(26-22-30)31-23-19-28(20-24-31)12-10-8-6-4-2/h13-16,28,30-32H,3-12,19-26H2,1-2H3/t28-,30?,31-,32?. The van der Waals surface area contributed by atoms with Gasteiger partial charge >= 0.3 is 0 Å². The molecule has 1 aromatic rings. The van der Waals surface area contributed by atoms with Crippen LogP contribution < -0.4 is 0 Å². The van der Waals surface area contributed by atoms with Crippen LogP contribution in [0.25, 0.3) is 0 Å². The average Bonchev–Trinajstić information content (AvgIpc) is 2.85. The first-order valence-corrected chi connectivity index (χ1v) is 14.4. The number of hydrogen-bond acceptors (Lipinski definition) is 0. The van der Waals surface area contributed by atoms with Crippen LogP contribution >= 0.6 is 0 Å². The van der Waals surface area contributed by atoms with Gasteiger partial charge in [0.2, 0.25) is 0 Å². The molecule has 32 heavy (non-hydrogen) atoms. The summed E-state index contributed by atoms with van der Waals surface area (Å²) < 4.78 is 0. The monoisotopic (exact) mass is 434 g/mol. The highest BCUT2D eigenvalue weighted by molar-refractivity contribution is 5.36. The zero-order valence-electron chi connectivity index (χ0n) is 21.3. The Labute approximate surface area is 200 Å². The Morgan fingerprint density at radius 2 is 1.25 bits per heavy atom. The van der Waals surface area contributed by atoms with E-state index in [-0.39, 0.29) is 0 Å². The van der Waals surface area contributed by atoms with Crippen molar-refractivity contribution in [2.45, 2.75) is 129 Å². The van der Waals surface area contributed by atoms with Crippen molar-refractivity contribution in [2.75, 3.05) is 0 Å². The van der Waals surface area contributed by atoms with E-state index in [0.29, 0.717) is 5.92 Å². The van der Waals surface area contributed by atoms with Gasteiger partial charge in [-0.25, -0.2) is 0 Å². The molecule has 0 spiro atoms. The number of aryl methyl sites for hydroxylation is 1. The van der Waals surface area contributed by atoms with Gasteiger partial charge in [0.15, 0.2) is 0 Å². The van der Waals surface area contributed by atoms with Crippen LogP contribution in [0.2, 0.25) is 0 Å². The van der Waals surface area contributed by atoms with Crippen LogP contribution in [0.4, 0.5) is 0 Å². The van der Waals surface area contributed by atoms with Gasteiger partial charge in [0, 0.05) is 11.5 Å². The van der Waals surface area contributed by atoms with Crippen molar-refractivity contribution < 1.29 is 0 Å². The summed E-state index contributed by atoms with van der Waals surface area (Å²) in [5, 5.41) is 0. The van der Waals surface area contributed by atoms with Gasteiger partial charge < -0.3 is 0 Å². The summed E-state index contributed by atoms with van der Waals surface area (Å²) in [6, 6.07) is 9.09. The maximum atomic E-state index is 3.63. The molecule has 2 aliphatic rings. The van der Waals surface area contributed by atoms with Gasteiger partial charge in [-0.2, -0.15) is 0 Å². The first-order valence-electron chi connectivity index (χ1n) is 14.4. The van der Waals surface area contributed by atoms with Gasteiger partial charge in [-0.1, -0.05) is 102 Å². The minimum Gasteiger partial charge on any atom is -0.0945 e. The lowest BCUT2D eigenvalue weighted by Crippen LogP contribution is -2.25. The third-order valence-electron chi connectivity index (χ3n) is 8.49. The summed E-state index contributed by atoms with van der Waals surface area (Å²) in [6.45, 7) is 4.60. The van der Waals surface area contributed by atoms with Crippen LogP contribution in [0, 0.1) is 35.5 Å². The maximum Gasteiger partial charge on any atom is 0.0245 e. The molecule has 0 heterocycles. The zero-order valence-corrected chi connectivity index (χ0v) is 21.3. The second-order valence-electron chi connectivity index (χ2n) is 11.0. The van der Waals surface area contributed by atoms with E-state index in [9.17, 15) is 0 Å². The number of hydrogen-bond donors (Lipinski definition) is 0. The summed E-state index contributed by atoms with van der Waals surface area (Å²) in [5.74, 6) is 10.8. The van der Waals surface area contributed by atoms with Crippen molar-refractivity contribution in [1.29, 1.82) is 0 Å². The SMILES string of the molecule is CCCCCCc1ccc(C#CC2CCC([C@H]3CC[C@H](CCCCCC)CC3)CC2)cc1.